The highest BCUT2D eigenvalue weighted by Gasteiger charge is 2.30. The number of carboxylic acid groups (broad SMARTS) is 1. The zero-order chi connectivity index (χ0) is 30.4. The van der Waals surface area contributed by atoms with Gasteiger partial charge in [-0.05, 0) is 66.3 Å². The lowest BCUT2D eigenvalue weighted by molar-refractivity contribution is -0.138. The van der Waals surface area contributed by atoms with E-state index >= 15 is 0 Å². The summed E-state index contributed by atoms with van der Waals surface area (Å²) in [5.74, 6) is -0.757. The summed E-state index contributed by atoms with van der Waals surface area (Å²) in [6, 6.07) is 20.6. The van der Waals surface area contributed by atoms with Gasteiger partial charge in [0.15, 0.2) is 5.13 Å². The van der Waals surface area contributed by atoms with Crippen LogP contribution in [0.15, 0.2) is 78.2 Å². The van der Waals surface area contributed by atoms with Crippen molar-refractivity contribution in [1.29, 1.82) is 0 Å². The third-order valence-electron chi connectivity index (χ3n) is 7.69. The van der Waals surface area contributed by atoms with Gasteiger partial charge in [-0.15, -0.1) is 11.3 Å². The maximum atomic E-state index is 13.1. The minimum absolute atomic E-state index is 0.0325. The molecule has 1 amide bonds. The van der Waals surface area contributed by atoms with Crippen molar-refractivity contribution in [2.75, 3.05) is 11.4 Å². The predicted octanol–water partition coefficient (Wildman–Crippen LogP) is 8.42. The first-order valence-electron chi connectivity index (χ1n) is 14.3. The van der Waals surface area contributed by atoms with Crippen LogP contribution in [-0.4, -0.2) is 28.5 Å². The van der Waals surface area contributed by atoms with E-state index < -0.39 is 17.7 Å². The molecular formula is C33H32F3N3O3S. The fraction of sp³-hybridized carbons (Fsp3) is 0.303. The number of nitrogens with zero attached hydrogens (tertiary/aromatic N) is 2. The summed E-state index contributed by atoms with van der Waals surface area (Å²) in [4.78, 5) is 30.0. The van der Waals surface area contributed by atoms with E-state index in [0.29, 0.717) is 34.4 Å². The second kappa shape index (κ2) is 13.4. The monoisotopic (exact) mass is 607 g/mol. The van der Waals surface area contributed by atoms with Gasteiger partial charge in [-0.1, -0.05) is 55.7 Å². The number of alkyl halides is 3. The number of aromatic nitrogens is 1. The summed E-state index contributed by atoms with van der Waals surface area (Å²) in [7, 11) is 0. The molecule has 0 spiro atoms. The van der Waals surface area contributed by atoms with Crippen LogP contribution >= 0.6 is 11.3 Å². The zero-order valence-electron chi connectivity index (χ0n) is 23.4. The Labute approximate surface area is 252 Å². The highest BCUT2D eigenvalue weighted by atomic mass is 32.1. The van der Waals surface area contributed by atoms with Crippen molar-refractivity contribution >= 4 is 34.0 Å². The number of hydrogen-bond donors (Lipinski definition) is 2. The molecule has 6 nitrogen and oxygen atoms in total. The molecule has 1 aromatic heterocycles. The molecule has 0 bridgehead atoms. The third-order valence-corrected chi connectivity index (χ3v) is 8.56. The number of carboxylic acids is 1. The first kappa shape index (κ1) is 30.3. The molecule has 10 heteroatoms. The van der Waals surface area contributed by atoms with Crippen LogP contribution in [0, 0.1) is 0 Å². The Kier molecular flexibility index (Phi) is 9.45. The number of hydrogen-bond acceptors (Lipinski definition) is 5. The van der Waals surface area contributed by atoms with Crippen molar-refractivity contribution in [3.63, 3.8) is 0 Å². The van der Waals surface area contributed by atoms with Gasteiger partial charge in [-0.25, -0.2) is 4.98 Å². The van der Waals surface area contributed by atoms with Crippen molar-refractivity contribution < 1.29 is 27.9 Å². The number of aliphatic carboxylic acids is 1. The maximum Gasteiger partial charge on any atom is 0.416 e. The van der Waals surface area contributed by atoms with Crippen LogP contribution in [0.4, 0.5) is 24.0 Å². The second-order valence-corrected chi connectivity index (χ2v) is 11.5. The molecule has 43 heavy (non-hydrogen) atoms. The van der Waals surface area contributed by atoms with Crippen LogP contribution in [0.25, 0.3) is 11.3 Å². The van der Waals surface area contributed by atoms with E-state index in [1.54, 1.807) is 12.1 Å². The number of rotatable bonds is 10. The molecular weight excluding hydrogens is 575 g/mol. The number of anilines is 2. The number of nitrogens with one attached hydrogen (secondary N) is 1. The molecule has 0 aliphatic heterocycles. The average molecular weight is 608 g/mol. The molecule has 1 saturated carbocycles. The Morgan fingerprint density at radius 2 is 1.60 bits per heavy atom. The molecule has 2 N–H and O–H groups in total. The molecule has 3 aromatic carbocycles. The van der Waals surface area contributed by atoms with Gasteiger partial charge in [0.1, 0.15) is 0 Å². The summed E-state index contributed by atoms with van der Waals surface area (Å²) in [5, 5.41) is 13.9. The van der Waals surface area contributed by atoms with E-state index in [1.165, 1.54) is 61.1 Å². The van der Waals surface area contributed by atoms with Crippen LogP contribution in [-0.2, 0) is 17.5 Å². The van der Waals surface area contributed by atoms with E-state index in [4.69, 9.17) is 10.1 Å². The standard InChI is InChI=1S/C33H32F3N3O3S/c34-33(35,36)27-14-10-25(11-15-27)29-21-43-32(38-29)39(20-22-6-8-24(9-7-22)23-4-2-1-3-5-23)28-16-12-26(13-17-28)31(42)37-19-18-30(40)41/h6-17,21,23H,1-5,18-20H2,(H,37,42)(H,40,41). The lowest BCUT2D eigenvalue weighted by atomic mass is 9.84. The highest BCUT2D eigenvalue weighted by molar-refractivity contribution is 7.14. The van der Waals surface area contributed by atoms with E-state index in [9.17, 15) is 22.8 Å². The highest BCUT2D eigenvalue weighted by Crippen LogP contribution is 2.36. The normalized spacial score (nSPS) is 13.9. The van der Waals surface area contributed by atoms with Crippen LogP contribution in [0.3, 0.4) is 0 Å². The van der Waals surface area contributed by atoms with Gasteiger partial charge < -0.3 is 15.3 Å². The molecule has 1 aliphatic carbocycles. The molecule has 1 fully saturated rings. The molecule has 0 unspecified atom stereocenters. The number of thiazole rings is 1. The number of halogens is 3. The first-order valence-corrected chi connectivity index (χ1v) is 15.1. The van der Waals surface area contributed by atoms with Gasteiger partial charge in [-0.3, -0.25) is 9.59 Å². The van der Waals surface area contributed by atoms with E-state index in [2.05, 4.69) is 29.6 Å². The van der Waals surface area contributed by atoms with Gasteiger partial charge in [0.05, 0.1) is 24.2 Å². The van der Waals surface area contributed by atoms with Crippen molar-refractivity contribution in [2.45, 2.75) is 57.2 Å². The fourth-order valence-electron chi connectivity index (χ4n) is 5.31. The molecule has 1 aliphatic rings. The Bertz CT molecular complexity index is 1530. The van der Waals surface area contributed by atoms with Crippen molar-refractivity contribution in [3.05, 3.63) is 100 Å². The fourth-order valence-corrected chi connectivity index (χ4v) is 6.17. The van der Waals surface area contributed by atoms with Crippen molar-refractivity contribution in [2.24, 2.45) is 0 Å². The van der Waals surface area contributed by atoms with E-state index in [0.717, 1.165) is 23.4 Å². The topological polar surface area (TPSA) is 82.5 Å². The minimum Gasteiger partial charge on any atom is -0.481 e. The molecule has 224 valence electrons. The summed E-state index contributed by atoms with van der Waals surface area (Å²) in [6.45, 7) is 0.528. The van der Waals surface area contributed by atoms with Crippen LogP contribution in [0.2, 0.25) is 0 Å². The lowest BCUT2D eigenvalue weighted by Gasteiger charge is -2.24. The maximum absolute atomic E-state index is 13.1. The molecule has 0 saturated heterocycles. The van der Waals surface area contributed by atoms with Gasteiger partial charge >= 0.3 is 12.1 Å². The van der Waals surface area contributed by atoms with Crippen LogP contribution < -0.4 is 10.2 Å². The van der Waals surface area contributed by atoms with Gasteiger partial charge in [0, 0.05) is 28.7 Å². The number of carbonyl (C=O) groups is 2. The van der Waals surface area contributed by atoms with Gasteiger partial charge in [0.2, 0.25) is 0 Å². The van der Waals surface area contributed by atoms with Crippen LogP contribution in [0.5, 0.6) is 0 Å². The largest absolute Gasteiger partial charge is 0.481 e. The van der Waals surface area contributed by atoms with Crippen LogP contribution in [0.1, 0.15) is 71.5 Å². The SMILES string of the molecule is O=C(O)CCNC(=O)c1ccc(N(Cc2ccc(C3CCCCC3)cc2)c2nc(-c3ccc(C(F)(F)F)cc3)cs2)cc1. The van der Waals surface area contributed by atoms with Crippen molar-refractivity contribution in [1.82, 2.24) is 10.3 Å². The lowest BCUT2D eigenvalue weighted by Crippen LogP contribution is -2.26. The summed E-state index contributed by atoms with van der Waals surface area (Å²) in [6.07, 6.45) is 1.69. The Morgan fingerprint density at radius 1 is 0.930 bits per heavy atom. The molecule has 1 heterocycles. The number of carbonyl (C=O) groups excluding carboxylic acids is 1. The number of benzene rings is 3. The van der Waals surface area contributed by atoms with E-state index in [1.807, 2.05) is 22.4 Å². The Morgan fingerprint density at radius 3 is 2.23 bits per heavy atom. The number of amides is 1. The smallest absolute Gasteiger partial charge is 0.416 e. The summed E-state index contributed by atoms with van der Waals surface area (Å²) < 4.78 is 39.2. The van der Waals surface area contributed by atoms with E-state index in [-0.39, 0.29) is 18.9 Å². The minimum atomic E-state index is -4.41. The summed E-state index contributed by atoms with van der Waals surface area (Å²) >= 11 is 1.38. The average Bonchev–Trinajstić information content (AvgIpc) is 3.50. The zero-order valence-corrected chi connectivity index (χ0v) is 24.3. The first-order chi connectivity index (χ1) is 20.7. The van der Waals surface area contributed by atoms with Gasteiger partial charge in [-0.2, -0.15) is 13.2 Å². The second-order valence-electron chi connectivity index (χ2n) is 10.7. The molecule has 4 aromatic rings. The third kappa shape index (κ3) is 7.81. The quantitative estimate of drug-likeness (QED) is 0.189. The molecule has 0 atom stereocenters. The molecule has 0 radical (unpaired) electrons. The Hall–Kier alpha value is -4.18. The van der Waals surface area contributed by atoms with Crippen molar-refractivity contribution in [3.8, 4) is 11.3 Å². The summed E-state index contributed by atoms with van der Waals surface area (Å²) in [5.41, 5.74) is 4.05. The molecule has 5 rings (SSSR count). The Balaban J connectivity index is 1.39. The predicted molar refractivity (Wildman–Crippen MR) is 162 cm³/mol. The van der Waals surface area contributed by atoms with Gasteiger partial charge in [0.25, 0.3) is 5.91 Å².